The van der Waals surface area contributed by atoms with Crippen molar-refractivity contribution in [2.45, 2.75) is 46.2 Å². The molecule has 7 heteroatoms. The summed E-state index contributed by atoms with van der Waals surface area (Å²) in [6.45, 7) is 7.22. The van der Waals surface area contributed by atoms with Gasteiger partial charge in [-0.15, -0.1) is 24.0 Å². The third-order valence-electron chi connectivity index (χ3n) is 2.71. The standard InChI is InChI=1S/C12H24F3N3.HI/c1-4-10(5-2)9-18-11(16-6-3)17-8-7-12(13,14)15;/h10H,4-9H2,1-3H3,(H2,16,17,18);1H. The Hall–Kier alpha value is -0.210. The number of hydrogen-bond donors (Lipinski definition) is 2. The molecule has 0 aromatic rings. The monoisotopic (exact) mass is 395 g/mol. The molecular formula is C12H25F3IN3. The Morgan fingerprint density at radius 1 is 1.11 bits per heavy atom. The zero-order valence-electron chi connectivity index (χ0n) is 11.8. The van der Waals surface area contributed by atoms with E-state index in [4.69, 9.17) is 0 Å². The summed E-state index contributed by atoms with van der Waals surface area (Å²) < 4.78 is 36.0. The molecule has 0 aromatic heterocycles. The van der Waals surface area contributed by atoms with Crippen LogP contribution in [0.3, 0.4) is 0 Å². The normalized spacial score (nSPS) is 12.3. The SMILES string of the molecule is CCNC(=NCC(CC)CC)NCCC(F)(F)F.I. The molecule has 0 saturated carbocycles. The van der Waals surface area contributed by atoms with Crippen molar-refractivity contribution in [3.63, 3.8) is 0 Å². The molecule has 0 heterocycles. The van der Waals surface area contributed by atoms with Crippen LogP contribution in [0.2, 0.25) is 0 Å². The maximum Gasteiger partial charge on any atom is 0.390 e. The van der Waals surface area contributed by atoms with Gasteiger partial charge in [0.05, 0.1) is 6.42 Å². The molecule has 0 bridgehead atoms. The highest BCUT2D eigenvalue weighted by atomic mass is 127. The lowest BCUT2D eigenvalue weighted by Crippen LogP contribution is -2.39. The van der Waals surface area contributed by atoms with Gasteiger partial charge in [0.1, 0.15) is 0 Å². The molecular weight excluding hydrogens is 370 g/mol. The second-order valence-corrected chi connectivity index (χ2v) is 4.19. The van der Waals surface area contributed by atoms with E-state index in [1.165, 1.54) is 0 Å². The highest BCUT2D eigenvalue weighted by Crippen LogP contribution is 2.18. The Bertz CT molecular complexity index is 241. The van der Waals surface area contributed by atoms with Crippen LogP contribution >= 0.6 is 24.0 Å². The van der Waals surface area contributed by atoms with Crippen LogP contribution in [0, 0.1) is 5.92 Å². The van der Waals surface area contributed by atoms with Gasteiger partial charge in [0, 0.05) is 19.6 Å². The van der Waals surface area contributed by atoms with Crippen LogP contribution < -0.4 is 10.6 Å². The molecule has 0 aliphatic heterocycles. The number of halogens is 4. The number of rotatable bonds is 7. The Kier molecular flexibility index (Phi) is 12.9. The molecule has 0 fully saturated rings. The quantitative estimate of drug-likeness (QED) is 0.393. The van der Waals surface area contributed by atoms with Gasteiger partial charge < -0.3 is 10.6 Å². The fourth-order valence-electron chi connectivity index (χ4n) is 1.43. The average Bonchev–Trinajstić information content (AvgIpc) is 2.28. The number of hydrogen-bond acceptors (Lipinski definition) is 1. The van der Waals surface area contributed by atoms with Crippen LogP contribution in [-0.4, -0.2) is 31.8 Å². The minimum atomic E-state index is -4.13. The van der Waals surface area contributed by atoms with Gasteiger partial charge in [-0.3, -0.25) is 4.99 Å². The van der Waals surface area contributed by atoms with Gasteiger partial charge in [-0.1, -0.05) is 26.7 Å². The Morgan fingerprint density at radius 2 is 1.68 bits per heavy atom. The van der Waals surface area contributed by atoms with E-state index in [-0.39, 0.29) is 30.5 Å². The molecule has 0 aromatic carbocycles. The summed E-state index contributed by atoms with van der Waals surface area (Å²) in [5, 5.41) is 5.64. The predicted molar refractivity (Wildman–Crippen MR) is 84.1 cm³/mol. The first kappa shape index (κ1) is 21.1. The van der Waals surface area contributed by atoms with Crippen molar-refractivity contribution in [3.05, 3.63) is 0 Å². The molecule has 0 amide bonds. The fraction of sp³-hybridized carbons (Fsp3) is 0.917. The van der Waals surface area contributed by atoms with Crippen molar-refractivity contribution in [2.24, 2.45) is 10.9 Å². The van der Waals surface area contributed by atoms with E-state index in [0.717, 1.165) is 12.8 Å². The molecule has 0 rings (SSSR count). The summed E-state index contributed by atoms with van der Waals surface area (Å²) in [4.78, 5) is 4.30. The van der Waals surface area contributed by atoms with Gasteiger partial charge in [0.2, 0.25) is 0 Å². The first-order valence-corrected chi connectivity index (χ1v) is 6.51. The lowest BCUT2D eigenvalue weighted by molar-refractivity contribution is -0.132. The zero-order chi connectivity index (χ0) is 14.0. The highest BCUT2D eigenvalue weighted by Gasteiger charge is 2.26. The summed E-state index contributed by atoms with van der Waals surface area (Å²) >= 11 is 0. The summed E-state index contributed by atoms with van der Waals surface area (Å²) in [7, 11) is 0. The zero-order valence-corrected chi connectivity index (χ0v) is 14.1. The van der Waals surface area contributed by atoms with Crippen LogP contribution in [0.15, 0.2) is 4.99 Å². The molecule has 19 heavy (non-hydrogen) atoms. The molecule has 116 valence electrons. The smallest absolute Gasteiger partial charge is 0.357 e. The van der Waals surface area contributed by atoms with Crippen molar-refractivity contribution in [3.8, 4) is 0 Å². The van der Waals surface area contributed by atoms with Gasteiger partial charge in [0.15, 0.2) is 5.96 Å². The predicted octanol–water partition coefficient (Wildman–Crippen LogP) is 3.55. The van der Waals surface area contributed by atoms with E-state index in [1.54, 1.807) is 0 Å². The topological polar surface area (TPSA) is 36.4 Å². The van der Waals surface area contributed by atoms with Crippen molar-refractivity contribution in [2.75, 3.05) is 19.6 Å². The van der Waals surface area contributed by atoms with Gasteiger partial charge in [-0.25, -0.2) is 0 Å². The molecule has 0 aliphatic carbocycles. The average molecular weight is 395 g/mol. The van der Waals surface area contributed by atoms with Crippen LogP contribution in [0.1, 0.15) is 40.0 Å². The molecule has 0 aliphatic rings. The molecule has 0 unspecified atom stereocenters. The van der Waals surface area contributed by atoms with E-state index in [2.05, 4.69) is 29.5 Å². The van der Waals surface area contributed by atoms with Crippen LogP contribution in [-0.2, 0) is 0 Å². The Labute approximate surface area is 130 Å². The first-order valence-electron chi connectivity index (χ1n) is 6.51. The van der Waals surface area contributed by atoms with E-state index in [1.807, 2.05) is 6.92 Å². The van der Waals surface area contributed by atoms with Crippen molar-refractivity contribution in [1.82, 2.24) is 10.6 Å². The van der Waals surface area contributed by atoms with E-state index < -0.39 is 12.6 Å². The first-order chi connectivity index (χ1) is 8.42. The summed E-state index contributed by atoms with van der Waals surface area (Å²) in [5.41, 5.74) is 0. The molecule has 0 atom stereocenters. The van der Waals surface area contributed by atoms with E-state index in [0.29, 0.717) is 25.0 Å². The lowest BCUT2D eigenvalue weighted by Gasteiger charge is -2.14. The minimum Gasteiger partial charge on any atom is -0.357 e. The number of alkyl halides is 3. The molecule has 0 radical (unpaired) electrons. The maximum absolute atomic E-state index is 12.0. The second-order valence-electron chi connectivity index (χ2n) is 4.19. The Morgan fingerprint density at radius 3 is 2.11 bits per heavy atom. The fourth-order valence-corrected chi connectivity index (χ4v) is 1.43. The molecule has 0 spiro atoms. The number of nitrogens with zero attached hydrogens (tertiary/aromatic N) is 1. The highest BCUT2D eigenvalue weighted by molar-refractivity contribution is 14.0. The summed E-state index contributed by atoms with van der Waals surface area (Å²) in [6, 6.07) is 0. The maximum atomic E-state index is 12.0. The molecule has 2 N–H and O–H groups in total. The molecule has 3 nitrogen and oxygen atoms in total. The van der Waals surface area contributed by atoms with Crippen molar-refractivity contribution in [1.29, 1.82) is 0 Å². The van der Waals surface area contributed by atoms with Gasteiger partial charge in [-0.05, 0) is 12.8 Å². The summed E-state index contributed by atoms with van der Waals surface area (Å²) in [5.74, 6) is 0.955. The second kappa shape index (κ2) is 11.6. The lowest BCUT2D eigenvalue weighted by atomic mass is 10.0. The van der Waals surface area contributed by atoms with Crippen LogP contribution in [0.25, 0.3) is 0 Å². The van der Waals surface area contributed by atoms with Crippen LogP contribution in [0.4, 0.5) is 13.2 Å². The van der Waals surface area contributed by atoms with Gasteiger partial charge in [0.25, 0.3) is 0 Å². The number of nitrogens with one attached hydrogen (secondary N) is 2. The number of aliphatic imine (C=N–C) groups is 1. The van der Waals surface area contributed by atoms with Crippen molar-refractivity contribution >= 4 is 29.9 Å². The molecule has 0 saturated heterocycles. The summed E-state index contributed by atoms with van der Waals surface area (Å²) in [6.07, 6.45) is -2.91. The third-order valence-corrected chi connectivity index (χ3v) is 2.71. The van der Waals surface area contributed by atoms with Gasteiger partial charge in [-0.2, -0.15) is 13.2 Å². The minimum absolute atomic E-state index is 0. The van der Waals surface area contributed by atoms with E-state index >= 15 is 0 Å². The van der Waals surface area contributed by atoms with Crippen LogP contribution in [0.5, 0.6) is 0 Å². The van der Waals surface area contributed by atoms with Crippen molar-refractivity contribution < 1.29 is 13.2 Å². The van der Waals surface area contributed by atoms with Gasteiger partial charge >= 0.3 is 6.18 Å². The Balaban J connectivity index is 0. The third kappa shape index (κ3) is 12.6. The number of guanidine groups is 1. The van der Waals surface area contributed by atoms with E-state index in [9.17, 15) is 13.2 Å². The largest absolute Gasteiger partial charge is 0.390 e.